The van der Waals surface area contributed by atoms with Crippen molar-refractivity contribution in [1.29, 1.82) is 0 Å². The van der Waals surface area contributed by atoms with Gasteiger partial charge in [0.05, 0.1) is 6.33 Å². The SMILES string of the molecule is O=c1[nH]cnc(Sc2cccc(O)c2)c1I. The van der Waals surface area contributed by atoms with Crippen LogP contribution in [0.2, 0.25) is 0 Å². The number of halogens is 1. The largest absolute Gasteiger partial charge is 0.508 e. The van der Waals surface area contributed by atoms with Crippen molar-refractivity contribution >= 4 is 34.4 Å². The van der Waals surface area contributed by atoms with Crippen molar-refractivity contribution in [3.05, 3.63) is 44.5 Å². The average Bonchev–Trinajstić information content (AvgIpc) is 2.25. The monoisotopic (exact) mass is 346 g/mol. The van der Waals surface area contributed by atoms with Gasteiger partial charge in [-0.15, -0.1) is 0 Å². The molecule has 2 rings (SSSR count). The number of phenols is 1. The molecule has 0 saturated heterocycles. The quantitative estimate of drug-likeness (QED) is 0.647. The van der Waals surface area contributed by atoms with Crippen LogP contribution in [0.5, 0.6) is 5.75 Å². The molecular weight excluding hydrogens is 339 g/mol. The van der Waals surface area contributed by atoms with E-state index in [9.17, 15) is 9.90 Å². The van der Waals surface area contributed by atoms with Gasteiger partial charge in [-0.25, -0.2) is 4.98 Å². The highest BCUT2D eigenvalue weighted by Gasteiger charge is 2.07. The second kappa shape index (κ2) is 4.88. The Morgan fingerprint density at radius 3 is 3.00 bits per heavy atom. The Morgan fingerprint density at radius 2 is 2.25 bits per heavy atom. The molecule has 6 heteroatoms. The molecule has 2 aromatic rings. The zero-order valence-electron chi connectivity index (χ0n) is 7.98. The number of aromatic hydroxyl groups is 1. The van der Waals surface area contributed by atoms with Gasteiger partial charge in [-0.2, -0.15) is 0 Å². The summed E-state index contributed by atoms with van der Waals surface area (Å²) in [6.07, 6.45) is 1.37. The van der Waals surface area contributed by atoms with Gasteiger partial charge in [0, 0.05) is 4.90 Å². The first-order chi connectivity index (χ1) is 7.66. The van der Waals surface area contributed by atoms with Crippen molar-refractivity contribution in [3.63, 3.8) is 0 Å². The first-order valence-corrected chi connectivity index (χ1v) is 6.26. The number of H-pyrrole nitrogens is 1. The number of hydrogen-bond acceptors (Lipinski definition) is 4. The second-order valence-electron chi connectivity index (χ2n) is 2.95. The van der Waals surface area contributed by atoms with Gasteiger partial charge in [0.25, 0.3) is 5.56 Å². The Morgan fingerprint density at radius 1 is 1.44 bits per heavy atom. The predicted molar refractivity (Wildman–Crippen MR) is 69.8 cm³/mol. The molecule has 0 amide bonds. The van der Waals surface area contributed by atoms with Gasteiger partial charge >= 0.3 is 0 Å². The molecule has 1 heterocycles. The van der Waals surface area contributed by atoms with Gasteiger partial charge in [-0.1, -0.05) is 17.8 Å². The summed E-state index contributed by atoms with van der Waals surface area (Å²) in [5.41, 5.74) is -0.154. The van der Waals surface area contributed by atoms with E-state index in [0.717, 1.165) is 4.90 Å². The van der Waals surface area contributed by atoms with Crippen LogP contribution in [-0.4, -0.2) is 15.1 Å². The summed E-state index contributed by atoms with van der Waals surface area (Å²) in [5.74, 6) is 0.199. The number of nitrogens with zero attached hydrogens (tertiary/aromatic N) is 1. The molecule has 0 aliphatic carbocycles. The molecule has 0 fully saturated rings. The van der Waals surface area contributed by atoms with Crippen LogP contribution in [0.1, 0.15) is 0 Å². The molecule has 2 N–H and O–H groups in total. The van der Waals surface area contributed by atoms with E-state index in [1.54, 1.807) is 18.2 Å². The topological polar surface area (TPSA) is 66.0 Å². The van der Waals surface area contributed by atoms with Gasteiger partial charge in [-0.05, 0) is 40.8 Å². The molecule has 1 aromatic carbocycles. The molecular formula is C10H7IN2O2S. The summed E-state index contributed by atoms with van der Waals surface area (Å²) < 4.78 is 0.549. The van der Waals surface area contributed by atoms with Crippen LogP contribution in [0, 0.1) is 3.57 Å². The lowest BCUT2D eigenvalue weighted by molar-refractivity contribution is 0.474. The zero-order chi connectivity index (χ0) is 11.5. The lowest BCUT2D eigenvalue weighted by Crippen LogP contribution is -2.10. The van der Waals surface area contributed by atoms with Gasteiger partial charge in [0.15, 0.2) is 0 Å². The van der Waals surface area contributed by atoms with Crippen molar-refractivity contribution in [2.45, 2.75) is 9.92 Å². The Balaban J connectivity index is 2.34. The molecule has 0 aliphatic rings. The number of aromatic nitrogens is 2. The minimum atomic E-state index is -0.154. The molecule has 0 bridgehead atoms. The van der Waals surface area contributed by atoms with Crippen molar-refractivity contribution in [1.82, 2.24) is 9.97 Å². The predicted octanol–water partition coefficient (Wildman–Crippen LogP) is 2.23. The Hall–Kier alpha value is -1.02. The van der Waals surface area contributed by atoms with Crippen molar-refractivity contribution in [2.75, 3.05) is 0 Å². The average molecular weight is 346 g/mol. The molecule has 0 unspecified atom stereocenters. The third kappa shape index (κ3) is 2.56. The molecule has 0 atom stereocenters. The van der Waals surface area contributed by atoms with Gasteiger partial charge in [0.2, 0.25) is 0 Å². The maximum Gasteiger partial charge on any atom is 0.265 e. The number of rotatable bonds is 2. The lowest BCUT2D eigenvalue weighted by Gasteiger charge is -2.02. The number of hydrogen-bond donors (Lipinski definition) is 2. The fourth-order valence-electron chi connectivity index (χ4n) is 1.10. The summed E-state index contributed by atoms with van der Waals surface area (Å²) in [7, 11) is 0. The molecule has 82 valence electrons. The molecule has 0 aliphatic heterocycles. The van der Waals surface area contributed by atoms with Gasteiger partial charge in [0.1, 0.15) is 14.3 Å². The van der Waals surface area contributed by atoms with Crippen molar-refractivity contribution in [3.8, 4) is 5.75 Å². The van der Waals surface area contributed by atoms with Gasteiger partial charge in [-0.3, -0.25) is 4.79 Å². The standard InChI is InChI=1S/C10H7IN2O2S/c11-8-9(15)12-5-13-10(8)16-7-3-1-2-6(14)4-7/h1-5,14H,(H,12,13,15). The van der Waals surface area contributed by atoms with Crippen LogP contribution in [0.4, 0.5) is 0 Å². The van der Waals surface area contributed by atoms with E-state index in [-0.39, 0.29) is 11.3 Å². The van der Waals surface area contributed by atoms with E-state index in [4.69, 9.17) is 0 Å². The second-order valence-corrected chi connectivity index (χ2v) is 5.09. The van der Waals surface area contributed by atoms with Crippen LogP contribution < -0.4 is 5.56 Å². The zero-order valence-corrected chi connectivity index (χ0v) is 10.9. The molecule has 0 spiro atoms. The third-order valence-corrected chi connectivity index (χ3v) is 4.16. The fourth-order valence-corrected chi connectivity index (χ4v) is 2.56. The summed E-state index contributed by atoms with van der Waals surface area (Å²) >= 11 is 3.29. The number of phenolic OH excluding ortho intramolecular Hbond substituents is 1. The third-order valence-electron chi connectivity index (χ3n) is 1.80. The number of nitrogens with one attached hydrogen (secondary N) is 1. The van der Waals surface area contributed by atoms with E-state index < -0.39 is 0 Å². The Kier molecular flexibility index (Phi) is 3.49. The first-order valence-electron chi connectivity index (χ1n) is 4.37. The summed E-state index contributed by atoms with van der Waals surface area (Å²) in [5, 5.41) is 9.95. The summed E-state index contributed by atoms with van der Waals surface area (Å²) in [4.78, 5) is 18.8. The van der Waals surface area contributed by atoms with E-state index in [0.29, 0.717) is 8.60 Å². The van der Waals surface area contributed by atoms with Crippen molar-refractivity contribution < 1.29 is 5.11 Å². The normalized spacial score (nSPS) is 10.3. The van der Waals surface area contributed by atoms with E-state index in [1.807, 2.05) is 28.7 Å². The maximum atomic E-state index is 11.3. The van der Waals surface area contributed by atoms with Crippen LogP contribution in [-0.2, 0) is 0 Å². The maximum absolute atomic E-state index is 11.3. The van der Waals surface area contributed by atoms with Gasteiger partial charge < -0.3 is 10.1 Å². The molecule has 0 saturated carbocycles. The Labute approximate surface area is 109 Å². The van der Waals surface area contributed by atoms with Crippen LogP contribution in [0.15, 0.2) is 45.3 Å². The highest BCUT2D eigenvalue weighted by molar-refractivity contribution is 14.1. The van der Waals surface area contributed by atoms with Crippen LogP contribution in [0.25, 0.3) is 0 Å². The highest BCUT2D eigenvalue weighted by Crippen LogP contribution is 2.29. The number of benzene rings is 1. The summed E-state index contributed by atoms with van der Waals surface area (Å²) in [6.45, 7) is 0. The van der Waals surface area contributed by atoms with Crippen LogP contribution >= 0.6 is 34.4 Å². The molecule has 0 radical (unpaired) electrons. The highest BCUT2D eigenvalue weighted by atomic mass is 127. The minimum Gasteiger partial charge on any atom is -0.508 e. The fraction of sp³-hybridized carbons (Fsp3) is 0. The van der Waals surface area contributed by atoms with Crippen molar-refractivity contribution in [2.24, 2.45) is 0 Å². The minimum absolute atomic E-state index is 0.154. The van der Waals surface area contributed by atoms with Crippen LogP contribution in [0.3, 0.4) is 0 Å². The number of aromatic amines is 1. The lowest BCUT2D eigenvalue weighted by atomic mass is 10.3. The Bertz CT molecular complexity index is 571. The first kappa shape index (κ1) is 11.5. The van der Waals surface area contributed by atoms with E-state index in [2.05, 4.69) is 9.97 Å². The van der Waals surface area contributed by atoms with E-state index in [1.165, 1.54) is 18.1 Å². The molecule has 4 nitrogen and oxygen atoms in total. The molecule has 16 heavy (non-hydrogen) atoms. The molecule has 1 aromatic heterocycles. The smallest absolute Gasteiger partial charge is 0.265 e. The summed E-state index contributed by atoms with van der Waals surface area (Å²) in [6, 6.07) is 6.82. The van der Waals surface area contributed by atoms with E-state index >= 15 is 0 Å².